The highest BCUT2D eigenvalue weighted by Crippen LogP contribution is 2.16. The molecule has 0 aromatic heterocycles. The zero-order chi connectivity index (χ0) is 8.20. The molecule has 1 nitrogen and oxygen atoms in total. The topological polar surface area (TPSA) is 12.0 Å². The van der Waals surface area contributed by atoms with Gasteiger partial charge in [-0.25, -0.2) is 0 Å². The molecule has 1 N–H and O–H groups in total. The van der Waals surface area contributed by atoms with Gasteiger partial charge in [-0.1, -0.05) is 13.8 Å². The van der Waals surface area contributed by atoms with Crippen LogP contribution in [-0.4, -0.2) is 17.7 Å². The van der Waals surface area contributed by atoms with Crippen LogP contribution in [0.5, 0.6) is 0 Å². The van der Waals surface area contributed by atoms with E-state index < -0.39 is 0 Å². The van der Waals surface area contributed by atoms with Crippen LogP contribution in [-0.2, 0) is 0 Å². The second-order valence-electron chi connectivity index (χ2n) is 3.49. The molecule has 0 unspecified atom stereocenters. The number of nitrogens with one attached hydrogen (secondary N) is 1. The molecule has 0 aliphatic rings. The molecule has 0 bridgehead atoms. The third kappa shape index (κ3) is 5.12. The fourth-order valence-corrected chi connectivity index (χ4v) is 0.750. The zero-order valence-electron chi connectivity index (χ0n) is 7.69. The van der Waals surface area contributed by atoms with Crippen molar-refractivity contribution in [2.75, 3.05) is 12.8 Å². The van der Waals surface area contributed by atoms with Crippen LogP contribution in [0.3, 0.4) is 0 Å². The van der Waals surface area contributed by atoms with E-state index in [1.165, 1.54) is 0 Å². The van der Waals surface area contributed by atoms with Gasteiger partial charge in [-0.2, -0.15) is 0 Å². The molecule has 0 aromatic rings. The summed E-state index contributed by atoms with van der Waals surface area (Å²) in [6, 6.07) is 0. The molecule has 0 spiro atoms. The van der Waals surface area contributed by atoms with Crippen LogP contribution in [0.1, 0.15) is 27.7 Å². The second kappa shape index (κ2) is 4.24. The Morgan fingerprint density at radius 1 is 1.40 bits per heavy atom. The quantitative estimate of drug-likeness (QED) is 0.635. The molecule has 2 heteroatoms. The van der Waals surface area contributed by atoms with Gasteiger partial charge in [0.25, 0.3) is 0 Å². The standard InChI is InChI=1S/C8H19NS/c1-7(2)6-9-8(3,4)10-5/h7,9H,6H2,1-5H3. The largest absolute Gasteiger partial charge is 0.303 e. The van der Waals surface area contributed by atoms with Crippen molar-refractivity contribution in [2.24, 2.45) is 5.92 Å². The van der Waals surface area contributed by atoms with Gasteiger partial charge >= 0.3 is 0 Å². The number of thioether (sulfide) groups is 1. The van der Waals surface area contributed by atoms with Crippen LogP contribution in [0.2, 0.25) is 0 Å². The van der Waals surface area contributed by atoms with Crippen LogP contribution in [0.25, 0.3) is 0 Å². The number of hydrogen-bond donors (Lipinski definition) is 1. The minimum Gasteiger partial charge on any atom is -0.303 e. The van der Waals surface area contributed by atoms with E-state index in [4.69, 9.17) is 0 Å². The van der Waals surface area contributed by atoms with Gasteiger partial charge in [-0.05, 0) is 32.6 Å². The van der Waals surface area contributed by atoms with Crippen LogP contribution in [0, 0.1) is 5.92 Å². The molecule has 0 radical (unpaired) electrons. The van der Waals surface area contributed by atoms with Crippen molar-refractivity contribution >= 4 is 11.8 Å². The lowest BCUT2D eigenvalue weighted by Crippen LogP contribution is -2.37. The van der Waals surface area contributed by atoms with E-state index in [-0.39, 0.29) is 4.87 Å². The Bertz CT molecular complexity index is 89.3. The monoisotopic (exact) mass is 161 g/mol. The van der Waals surface area contributed by atoms with Crippen molar-refractivity contribution in [3.63, 3.8) is 0 Å². The van der Waals surface area contributed by atoms with E-state index in [2.05, 4.69) is 39.3 Å². The minimum absolute atomic E-state index is 0.240. The lowest BCUT2D eigenvalue weighted by Gasteiger charge is -2.24. The lowest BCUT2D eigenvalue weighted by molar-refractivity contribution is 0.477. The van der Waals surface area contributed by atoms with E-state index >= 15 is 0 Å². The average molecular weight is 161 g/mol. The van der Waals surface area contributed by atoms with Crippen LogP contribution in [0.4, 0.5) is 0 Å². The van der Waals surface area contributed by atoms with Crippen LogP contribution < -0.4 is 5.32 Å². The van der Waals surface area contributed by atoms with Crippen molar-refractivity contribution in [1.82, 2.24) is 5.32 Å². The summed E-state index contributed by atoms with van der Waals surface area (Å²) in [4.78, 5) is 0.240. The molecule has 0 aromatic carbocycles. The Morgan fingerprint density at radius 3 is 2.20 bits per heavy atom. The highest BCUT2D eigenvalue weighted by atomic mass is 32.2. The first-order chi connectivity index (χ1) is 4.48. The maximum atomic E-state index is 3.47. The van der Waals surface area contributed by atoms with Gasteiger partial charge in [0.2, 0.25) is 0 Å². The Balaban J connectivity index is 3.46. The summed E-state index contributed by atoms with van der Waals surface area (Å²) in [6.07, 6.45) is 2.13. The molecule has 10 heavy (non-hydrogen) atoms. The van der Waals surface area contributed by atoms with E-state index in [9.17, 15) is 0 Å². The summed E-state index contributed by atoms with van der Waals surface area (Å²) in [5.41, 5.74) is 0. The zero-order valence-corrected chi connectivity index (χ0v) is 8.51. The molecular formula is C8H19NS. The Hall–Kier alpha value is 0.310. The summed E-state index contributed by atoms with van der Waals surface area (Å²) in [6.45, 7) is 9.97. The van der Waals surface area contributed by atoms with Gasteiger partial charge in [-0.3, -0.25) is 0 Å². The molecule has 0 saturated carbocycles. The van der Waals surface area contributed by atoms with Gasteiger partial charge in [0.15, 0.2) is 0 Å². The minimum atomic E-state index is 0.240. The molecule has 0 aliphatic carbocycles. The number of hydrogen-bond acceptors (Lipinski definition) is 2. The summed E-state index contributed by atoms with van der Waals surface area (Å²) >= 11 is 1.86. The van der Waals surface area contributed by atoms with Gasteiger partial charge in [0, 0.05) is 0 Å². The maximum absolute atomic E-state index is 3.47. The lowest BCUT2D eigenvalue weighted by atomic mass is 10.2. The van der Waals surface area contributed by atoms with Gasteiger partial charge in [-0.15, -0.1) is 11.8 Å². The first kappa shape index (κ1) is 10.3. The summed E-state index contributed by atoms with van der Waals surface area (Å²) in [5.74, 6) is 0.742. The highest BCUT2D eigenvalue weighted by Gasteiger charge is 2.13. The first-order valence-electron chi connectivity index (χ1n) is 3.78. The summed E-state index contributed by atoms with van der Waals surface area (Å²) in [7, 11) is 0. The predicted octanol–water partition coefficient (Wildman–Crippen LogP) is 2.33. The molecule has 0 fully saturated rings. The van der Waals surface area contributed by atoms with Gasteiger partial charge in [0.05, 0.1) is 4.87 Å². The molecule has 0 atom stereocenters. The smallest absolute Gasteiger partial charge is 0.0585 e. The SMILES string of the molecule is CSC(C)(C)NCC(C)C. The molecule has 0 rings (SSSR count). The van der Waals surface area contributed by atoms with Crippen molar-refractivity contribution < 1.29 is 0 Å². The van der Waals surface area contributed by atoms with Crippen LogP contribution in [0.15, 0.2) is 0 Å². The average Bonchev–Trinajstić information content (AvgIpc) is 1.85. The normalized spacial score (nSPS) is 12.6. The van der Waals surface area contributed by atoms with Crippen molar-refractivity contribution in [1.29, 1.82) is 0 Å². The predicted molar refractivity (Wildman–Crippen MR) is 50.4 cm³/mol. The third-order valence-electron chi connectivity index (χ3n) is 1.45. The number of rotatable bonds is 4. The fraction of sp³-hybridized carbons (Fsp3) is 1.00. The third-order valence-corrected chi connectivity index (χ3v) is 2.61. The first-order valence-corrected chi connectivity index (χ1v) is 5.00. The maximum Gasteiger partial charge on any atom is 0.0585 e. The second-order valence-corrected chi connectivity index (χ2v) is 4.92. The fourth-order valence-electron chi connectivity index (χ4n) is 0.522. The van der Waals surface area contributed by atoms with E-state index in [1.54, 1.807) is 0 Å². The summed E-state index contributed by atoms with van der Waals surface area (Å²) in [5, 5.41) is 3.47. The molecule has 0 saturated heterocycles. The Kier molecular flexibility index (Phi) is 4.37. The highest BCUT2D eigenvalue weighted by molar-refractivity contribution is 7.99. The van der Waals surface area contributed by atoms with E-state index in [0.717, 1.165) is 12.5 Å². The Labute approximate surface area is 69.0 Å². The van der Waals surface area contributed by atoms with E-state index in [0.29, 0.717) is 0 Å². The van der Waals surface area contributed by atoms with Crippen molar-refractivity contribution in [3.05, 3.63) is 0 Å². The summed E-state index contributed by atoms with van der Waals surface area (Å²) < 4.78 is 0. The Morgan fingerprint density at radius 2 is 1.90 bits per heavy atom. The van der Waals surface area contributed by atoms with E-state index in [1.807, 2.05) is 11.8 Å². The van der Waals surface area contributed by atoms with Gasteiger partial charge in [0.1, 0.15) is 0 Å². The molecule has 0 aliphatic heterocycles. The van der Waals surface area contributed by atoms with Crippen LogP contribution >= 0.6 is 11.8 Å². The van der Waals surface area contributed by atoms with Crippen molar-refractivity contribution in [2.45, 2.75) is 32.6 Å². The molecule has 62 valence electrons. The van der Waals surface area contributed by atoms with Crippen molar-refractivity contribution in [3.8, 4) is 0 Å². The van der Waals surface area contributed by atoms with Gasteiger partial charge < -0.3 is 5.32 Å². The molecule has 0 heterocycles. The molecular weight excluding hydrogens is 142 g/mol. The molecule has 0 amide bonds.